The predicted molar refractivity (Wildman–Crippen MR) is 50.4 cm³/mol. The maximum atomic E-state index is 13.3. The van der Waals surface area contributed by atoms with Gasteiger partial charge in [-0.05, 0) is 0 Å². The van der Waals surface area contributed by atoms with E-state index in [4.69, 9.17) is 34.0 Å². The predicted octanol–water partition coefficient (Wildman–Crippen LogP) is 2.40. The second-order valence-corrected chi connectivity index (χ2v) is 3.53. The van der Waals surface area contributed by atoms with Crippen LogP contribution in [0, 0.1) is 17.5 Å². The van der Waals surface area contributed by atoms with Gasteiger partial charge < -0.3 is 10.8 Å². The number of benzene rings is 1. The molecule has 2 nitrogen and oxygen atoms in total. The second kappa shape index (κ2) is 4.57. The van der Waals surface area contributed by atoms with Crippen LogP contribution in [-0.4, -0.2) is 11.7 Å². The van der Waals surface area contributed by atoms with E-state index in [1.807, 2.05) is 0 Å². The summed E-state index contributed by atoms with van der Waals surface area (Å²) in [5.74, 6) is -4.09. The molecule has 0 aliphatic rings. The molecule has 1 atom stereocenters. The first-order valence-electron chi connectivity index (χ1n) is 3.79. The summed E-state index contributed by atoms with van der Waals surface area (Å²) < 4.78 is 39.5. The quantitative estimate of drug-likeness (QED) is 0.633. The Morgan fingerprint density at radius 1 is 1.07 bits per heavy atom. The van der Waals surface area contributed by atoms with Crippen LogP contribution >= 0.6 is 23.2 Å². The molecular formula is C8H6Cl2F3NO. The van der Waals surface area contributed by atoms with Gasteiger partial charge in [-0.1, -0.05) is 23.2 Å². The van der Waals surface area contributed by atoms with Crippen LogP contribution in [0.5, 0.6) is 0 Å². The molecule has 0 amide bonds. The highest BCUT2D eigenvalue weighted by molar-refractivity contribution is 6.35. The number of aliphatic hydroxyl groups excluding tert-OH is 1. The Hall–Kier alpha value is -0.490. The lowest BCUT2D eigenvalue weighted by molar-refractivity contribution is 0.262. The van der Waals surface area contributed by atoms with Crippen molar-refractivity contribution in [3.8, 4) is 0 Å². The molecule has 1 aromatic rings. The van der Waals surface area contributed by atoms with Gasteiger partial charge in [0.1, 0.15) is 10.0 Å². The third-order valence-corrected chi connectivity index (χ3v) is 2.47. The van der Waals surface area contributed by atoms with Crippen LogP contribution in [0.15, 0.2) is 0 Å². The first-order valence-corrected chi connectivity index (χ1v) is 4.55. The smallest absolute Gasteiger partial charge is 0.166 e. The molecule has 3 N–H and O–H groups in total. The van der Waals surface area contributed by atoms with Crippen molar-refractivity contribution in [2.75, 3.05) is 6.61 Å². The minimum absolute atomic E-state index is 0.716. The van der Waals surface area contributed by atoms with E-state index in [0.717, 1.165) is 0 Å². The van der Waals surface area contributed by atoms with Crippen molar-refractivity contribution in [3.05, 3.63) is 33.1 Å². The second-order valence-electron chi connectivity index (χ2n) is 2.77. The van der Waals surface area contributed by atoms with Gasteiger partial charge in [0.05, 0.1) is 12.6 Å². The molecule has 1 aromatic carbocycles. The van der Waals surface area contributed by atoms with Gasteiger partial charge in [-0.15, -0.1) is 0 Å². The van der Waals surface area contributed by atoms with Crippen molar-refractivity contribution in [1.29, 1.82) is 0 Å². The number of aliphatic hydroxyl groups is 1. The van der Waals surface area contributed by atoms with Crippen molar-refractivity contribution in [1.82, 2.24) is 0 Å². The summed E-state index contributed by atoms with van der Waals surface area (Å²) in [6, 6.07) is -1.35. The molecule has 1 rings (SSSR count). The minimum Gasteiger partial charge on any atom is -0.394 e. The fraction of sp³-hybridized carbons (Fsp3) is 0.250. The van der Waals surface area contributed by atoms with E-state index in [1.54, 1.807) is 0 Å². The van der Waals surface area contributed by atoms with Gasteiger partial charge >= 0.3 is 0 Å². The van der Waals surface area contributed by atoms with E-state index in [0.29, 0.717) is 0 Å². The Labute approximate surface area is 93.4 Å². The molecule has 0 saturated heterocycles. The maximum Gasteiger partial charge on any atom is 0.166 e. The molecule has 0 unspecified atom stereocenters. The summed E-state index contributed by atoms with van der Waals surface area (Å²) in [5, 5.41) is 6.76. The third-order valence-electron chi connectivity index (χ3n) is 1.81. The highest BCUT2D eigenvalue weighted by atomic mass is 35.5. The number of nitrogens with two attached hydrogens (primary N) is 1. The van der Waals surface area contributed by atoms with Gasteiger partial charge in [0, 0.05) is 5.56 Å². The van der Waals surface area contributed by atoms with E-state index in [2.05, 4.69) is 0 Å². The van der Waals surface area contributed by atoms with E-state index in [-0.39, 0.29) is 0 Å². The SMILES string of the molecule is N[C@@H](CO)c1c(F)c(Cl)c(F)c(Cl)c1F. The van der Waals surface area contributed by atoms with Crippen molar-refractivity contribution in [2.45, 2.75) is 6.04 Å². The lowest BCUT2D eigenvalue weighted by atomic mass is 10.1. The van der Waals surface area contributed by atoms with Crippen LogP contribution in [0.3, 0.4) is 0 Å². The topological polar surface area (TPSA) is 46.2 Å². The fourth-order valence-electron chi connectivity index (χ4n) is 1.04. The minimum atomic E-state index is -1.39. The number of hydrogen-bond acceptors (Lipinski definition) is 2. The zero-order valence-electron chi connectivity index (χ0n) is 7.20. The van der Waals surface area contributed by atoms with Gasteiger partial charge in [0.15, 0.2) is 17.5 Å². The van der Waals surface area contributed by atoms with Crippen LogP contribution in [0.4, 0.5) is 13.2 Å². The van der Waals surface area contributed by atoms with E-state index in [9.17, 15) is 13.2 Å². The van der Waals surface area contributed by atoms with Crippen molar-refractivity contribution in [2.24, 2.45) is 5.73 Å². The van der Waals surface area contributed by atoms with E-state index < -0.39 is 45.7 Å². The Bertz CT molecular complexity index is 371. The first kappa shape index (κ1) is 12.6. The maximum absolute atomic E-state index is 13.3. The zero-order valence-corrected chi connectivity index (χ0v) is 8.71. The first-order chi connectivity index (χ1) is 6.91. The summed E-state index contributed by atoms with van der Waals surface area (Å²) in [6.45, 7) is -0.716. The molecule has 0 saturated carbocycles. The molecule has 15 heavy (non-hydrogen) atoms. The Balaban J connectivity index is 3.52. The standard InChI is InChI=1S/C8H6Cl2F3NO/c9-4-6(11)3(2(14)1-15)7(12)5(10)8(4)13/h2,15H,1,14H2/t2-/m0/s1. The summed E-state index contributed by atoms with van der Waals surface area (Å²) in [4.78, 5) is 0. The van der Waals surface area contributed by atoms with Crippen LogP contribution in [0.2, 0.25) is 10.0 Å². The average molecular weight is 260 g/mol. The van der Waals surface area contributed by atoms with Gasteiger partial charge in [0.2, 0.25) is 0 Å². The molecule has 0 bridgehead atoms. The summed E-state index contributed by atoms with van der Waals surface area (Å²) in [6.07, 6.45) is 0. The number of rotatable bonds is 2. The van der Waals surface area contributed by atoms with Gasteiger partial charge in [-0.25, -0.2) is 13.2 Å². The molecule has 0 radical (unpaired) electrons. The summed E-state index contributed by atoms with van der Waals surface area (Å²) in [7, 11) is 0. The van der Waals surface area contributed by atoms with Crippen LogP contribution in [-0.2, 0) is 0 Å². The Morgan fingerprint density at radius 3 is 1.80 bits per heavy atom. The highest BCUT2D eigenvalue weighted by Gasteiger charge is 2.26. The molecule has 7 heteroatoms. The number of halogens is 5. The molecule has 0 spiro atoms. The van der Waals surface area contributed by atoms with Crippen LogP contribution in [0.1, 0.15) is 11.6 Å². The van der Waals surface area contributed by atoms with Gasteiger partial charge in [-0.3, -0.25) is 0 Å². The molecule has 0 fully saturated rings. The lowest BCUT2D eigenvalue weighted by Crippen LogP contribution is -2.19. The monoisotopic (exact) mass is 259 g/mol. The largest absolute Gasteiger partial charge is 0.394 e. The van der Waals surface area contributed by atoms with E-state index >= 15 is 0 Å². The van der Waals surface area contributed by atoms with Crippen LogP contribution in [0.25, 0.3) is 0 Å². The average Bonchev–Trinajstić information content (AvgIpc) is 2.23. The highest BCUT2D eigenvalue weighted by Crippen LogP contribution is 2.34. The normalized spacial score (nSPS) is 13.0. The summed E-state index contributed by atoms with van der Waals surface area (Å²) >= 11 is 10.4. The molecule has 84 valence electrons. The van der Waals surface area contributed by atoms with Crippen molar-refractivity contribution >= 4 is 23.2 Å². The summed E-state index contributed by atoms with van der Waals surface area (Å²) in [5.41, 5.74) is 4.49. The molecule has 0 aromatic heterocycles. The van der Waals surface area contributed by atoms with Gasteiger partial charge in [-0.2, -0.15) is 0 Å². The molecular weight excluding hydrogens is 254 g/mol. The van der Waals surface area contributed by atoms with Crippen molar-refractivity contribution in [3.63, 3.8) is 0 Å². The fourth-order valence-corrected chi connectivity index (χ4v) is 1.48. The molecule has 0 heterocycles. The Morgan fingerprint density at radius 2 is 1.47 bits per heavy atom. The number of hydrogen-bond donors (Lipinski definition) is 2. The van der Waals surface area contributed by atoms with Crippen LogP contribution < -0.4 is 5.73 Å². The van der Waals surface area contributed by atoms with E-state index in [1.165, 1.54) is 0 Å². The van der Waals surface area contributed by atoms with Crippen molar-refractivity contribution < 1.29 is 18.3 Å². The molecule has 0 aliphatic carbocycles. The lowest BCUT2D eigenvalue weighted by Gasteiger charge is -2.13. The van der Waals surface area contributed by atoms with Gasteiger partial charge in [0.25, 0.3) is 0 Å². The zero-order chi connectivity index (χ0) is 11.7. The Kier molecular flexibility index (Phi) is 3.83. The molecule has 0 aliphatic heterocycles. The third kappa shape index (κ3) is 2.06.